The molecule has 0 bridgehead atoms. The summed E-state index contributed by atoms with van der Waals surface area (Å²) in [5.41, 5.74) is 1.19. The van der Waals surface area contributed by atoms with Crippen LogP contribution in [-0.4, -0.2) is 53.4 Å². The van der Waals surface area contributed by atoms with Crippen molar-refractivity contribution in [1.82, 2.24) is 14.5 Å². The number of hydrogen-bond donors (Lipinski definition) is 0. The van der Waals surface area contributed by atoms with E-state index in [0.29, 0.717) is 18.3 Å². The number of methoxy groups -OCH3 is 1. The molecular formula is C18H25N3O3S2. The molecule has 6 nitrogen and oxygen atoms in total. The fourth-order valence-corrected chi connectivity index (χ4v) is 5.64. The zero-order valence-corrected chi connectivity index (χ0v) is 17.3. The highest BCUT2D eigenvalue weighted by atomic mass is 32.2. The summed E-state index contributed by atoms with van der Waals surface area (Å²) in [6.07, 6.45) is 4.29. The Kier molecular flexibility index (Phi) is 6.04. The van der Waals surface area contributed by atoms with Crippen molar-refractivity contribution in [2.75, 3.05) is 27.8 Å². The van der Waals surface area contributed by atoms with Gasteiger partial charge >= 0.3 is 0 Å². The second-order valence-electron chi connectivity index (χ2n) is 6.73. The number of rotatable bonds is 6. The van der Waals surface area contributed by atoms with Crippen LogP contribution >= 0.6 is 23.1 Å². The fraction of sp³-hybridized carbons (Fsp3) is 0.611. The van der Waals surface area contributed by atoms with Crippen LogP contribution in [-0.2, 0) is 28.9 Å². The van der Waals surface area contributed by atoms with Crippen molar-refractivity contribution in [3.63, 3.8) is 0 Å². The summed E-state index contributed by atoms with van der Waals surface area (Å²) in [7, 11) is 5.09. The Hall–Kier alpha value is -1.38. The summed E-state index contributed by atoms with van der Waals surface area (Å²) in [5, 5.41) is 1.07. The quantitative estimate of drug-likeness (QED) is 0.556. The number of carbonyl (C=O) groups is 1. The number of aryl methyl sites for hydroxylation is 2. The van der Waals surface area contributed by atoms with Gasteiger partial charge in [-0.1, -0.05) is 11.8 Å². The van der Waals surface area contributed by atoms with Crippen LogP contribution in [0.1, 0.15) is 30.2 Å². The van der Waals surface area contributed by atoms with E-state index in [1.54, 1.807) is 42.0 Å². The van der Waals surface area contributed by atoms with Gasteiger partial charge in [0.05, 0.1) is 23.8 Å². The lowest BCUT2D eigenvalue weighted by molar-refractivity contribution is -0.127. The highest BCUT2D eigenvalue weighted by Gasteiger charge is 2.24. The lowest BCUT2D eigenvalue weighted by Crippen LogP contribution is -2.31. The van der Waals surface area contributed by atoms with E-state index in [1.165, 1.54) is 28.6 Å². The van der Waals surface area contributed by atoms with Gasteiger partial charge in [0.2, 0.25) is 5.91 Å². The zero-order chi connectivity index (χ0) is 18.8. The number of ether oxygens (including phenoxy) is 1. The number of thioether (sulfide) groups is 1. The van der Waals surface area contributed by atoms with Gasteiger partial charge in [0.1, 0.15) is 4.83 Å². The summed E-state index contributed by atoms with van der Waals surface area (Å²) in [6.45, 7) is 2.72. The predicted molar refractivity (Wildman–Crippen MR) is 106 cm³/mol. The number of thiophene rings is 1. The molecule has 0 radical (unpaired) electrons. The second kappa shape index (κ2) is 8.10. The van der Waals surface area contributed by atoms with Crippen molar-refractivity contribution in [2.24, 2.45) is 0 Å². The minimum atomic E-state index is -0.308. The summed E-state index contributed by atoms with van der Waals surface area (Å²) in [4.78, 5) is 34.0. The van der Waals surface area contributed by atoms with Crippen LogP contribution < -0.4 is 5.56 Å². The Morgan fingerprint density at radius 1 is 1.38 bits per heavy atom. The molecule has 0 fully saturated rings. The van der Waals surface area contributed by atoms with E-state index in [9.17, 15) is 9.59 Å². The number of amides is 1. The molecule has 0 aromatic carbocycles. The molecule has 1 amide bonds. The number of carbonyl (C=O) groups excluding carboxylic acids is 1. The third kappa shape index (κ3) is 3.68. The molecule has 0 saturated heterocycles. The van der Waals surface area contributed by atoms with Crippen molar-refractivity contribution < 1.29 is 9.53 Å². The van der Waals surface area contributed by atoms with Crippen molar-refractivity contribution in [3.05, 3.63) is 20.8 Å². The first-order chi connectivity index (χ1) is 12.4. The van der Waals surface area contributed by atoms with Gasteiger partial charge in [0, 0.05) is 26.1 Å². The summed E-state index contributed by atoms with van der Waals surface area (Å²) < 4.78 is 6.86. The molecule has 0 aliphatic heterocycles. The van der Waals surface area contributed by atoms with Crippen molar-refractivity contribution in [3.8, 4) is 0 Å². The minimum absolute atomic E-state index is 0.00143. The topological polar surface area (TPSA) is 64.4 Å². The van der Waals surface area contributed by atoms with Gasteiger partial charge in [-0.3, -0.25) is 14.2 Å². The molecule has 1 aliphatic carbocycles. The molecule has 1 aliphatic rings. The average molecular weight is 396 g/mol. The smallest absolute Gasteiger partial charge is 0.263 e. The third-order valence-corrected chi connectivity index (χ3v) is 6.89. The SMILES string of the molecule is COCCn1c(S[C@@H](C)C(=O)N(C)C)nc2sc3c(c2c1=O)CCCC3. The van der Waals surface area contributed by atoms with Crippen LogP contribution in [0, 0.1) is 0 Å². The Morgan fingerprint density at radius 3 is 2.81 bits per heavy atom. The molecule has 2 aromatic rings. The molecule has 1 atom stereocenters. The maximum atomic E-state index is 13.2. The van der Waals surface area contributed by atoms with Crippen molar-refractivity contribution in [1.29, 1.82) is 0 Å². The molecule has 0 unspecified atom stereocenters. The minimum Gasteiger partial charge on any atom is -0.383 e. The van der Waals surface area contributed by atoms with Crippen LogP contribution in [0.15, 0.2) is 9.95 Å². The Balaban J connectivity index is 2.08. The monoisotopic (exact) mass is 395 g/mol. The van der Waals surface area contributed by atoms with E-state index < -0.39 is 0 Å². The number of hydrogen-bond acceptors (Lipinski definition) is 6. The van der Waals surface area contributed by atoms with Gasteiger partial charge in [-0.2, -0.15) is 0 Å². The third-order valence-electron chi connectivity index (χ3n) is 4.63. The van der Waals surface area contributed by atoms with E-state index in [1.807, 2.05) is 6.92 Å². The molecule has 8 heteroatoms. The Bertz CT molecular complexity index is 873. The van der Waals surface area contributed by atoms with Crippen LogP contribution in [0.2, 0.25) is 0 Å². The van der Waals surface area contributed by atoms with Crippen molar-refractivity contribution >= 4 is 39.2 Å². The number of aromatic nitrogens is 2. The summed E-state index contributed by atoms with van der Waals surface area (Å²) in [5.74, 6) is 0.00751. The van der Waals surface area contributed by atoms with E-state index >= 15 is 0 Å². The van der Waals surface area contributed by atoms with Crippen molar-refractivity contribution in [2.45, 2.75) is 49.6 Å². The first-order valence-electron chi connectivity index (χ1n) is 8.86. The molecule has 142 valence electrons. The number of fused-ring (bicyclic) bond motifs is 3. The molecule has 0 N–H and O–H groups in total. The van der Waals surface area contributed by atoms with Crippen LogP contribution in [0.25, 0.3) is 10.2 Å². The molecule has 0 saturated carbocycles. The first kappa shape index (κ1) is 19.4. The maximum Gasteiger partial charge on any atom is 0.263 e. The van der Waals surface area contributed by atoms with Gasteiger partial charge in [-0.05, 0) is 38.2 Å². The van der Waals surface area contributed by atoms with Gasteiger partial charge in [0.25, 0.3) is 5.56 Å². The van der Waals surface area contributed by atoms with Gasteiger partial charge < -0.3 is 9.64 Å². The van der Waals surface area contributed by atoms with E-state index in [2.05, 4.69) is 0 Å². The average Bonchev–Trinajstić information content (AvgIpc) is 2.98. The molecule has 2 heterocycles. The van der Waals surface area contributed by atoms with E-state index in [-0.39, 0.29) is 16.7 Å². The van der Waals surface area contributed by atoms with E-state index in [0.717, 1.165) is 29.5 Å². The summed E-state index contributed by atoms with van der Waals surface area (Å²) >= 11 is 2.98. The van der Waals surface area contributed by atoms with Gasteiger partial charge in [0.15, 0.2) is 5.16 Å². The lowest BCUT2D eigenvalue weighted by Gasteiger charge is -2.18. The highest BCUT2D eigenvalue weighted by molar-refractivity contribution is 8.00. The maximum absolute atomic E-state index is 13.2. The van der Waals surface area contributed by atoms with E-state index in [4.69, 9.17) is 9.72 Å². The molecular weight excluding hydrogens is 370 g/mol. The summed E-state index contributed by atoms with van der Waals surface area (Å²) in [6, 6.07) is 0. The van der Waals surface area contributed by atoms with Crippen LogP contribution in [0.4, 0.5) is 0 Å². The van der Waals surface area contributed by atoms with Gasteiger partial charge in [-0.25, -0.2) is 4.98 Å². The second-order valence-corrected chi connectivity index (χ2v) is 9.12. The largest absolute Gasteiger partial charge is 0.383 e. The Labute approximate surface area is 161 Å². The fourth-order valence-electron chi connectivity index (χ4n) is 3.26. The molecule has 0 spiro atoms. The normalized spacial score (nSPS) is 15.1. The predicted octanol–water partition coefficient (Wildman–Crippen LogP) is 2.55. The Morgan fingerprint density at radius 2 is 2.12 bits per heavy atom. The molecule has 3 rings (SSSR count). The first-order valence-corrected chi connectivity index (χ1v) is 10.6. The lowest BCUT2D eigenvalue weighted by atomic mass is 9.97. The highest BCUT2D eigenvalue weighted by Crippen LogP contribution is 2.35. The van der Waals surface area contributed by atoms with Gasteiger partial charge in [-0.15, -0.1) is 11.3 Å². The molecule has 26 heavy (non-hydrogen) atoms. The van der Waals surface area contributed by atoms with Crippen LogP contribution in [0.5, 0.6) is 0 Å². The standard InChI is InChI=1S/C18H25N3O3S2/c1-11(16(22)20(2)3)25-18-19-15-14(17(23)21(18)9-10-24-4)12-7-5-6-8-13(12)26-15/h11H,5-10H2,1-4H3/t11-/m0/s1. The zero-order valence-electron chi connectivity index (χ0n) is 15.7. The van der Waals surface area contributed by atoms with Crippen LogP contribution in [0.3, 0.4) is 0 Å². The number of nitrogens with zero attached hydrogens (tertiary/aromatic N) is 3. The molecule has 2 aromatic heterocycles.